The molecule has 0 radical (unpaired) electrons. The minimum Gasteiger partial charge on any atom is -0.494 e. The summed E-state index contributed by atoms with van der Waals surface area (Å²) in [6.45, 7) is 4.13. The fraction of sp³-hybridized carbons (Fsp3) is 0.357. The van der Waals surface area contributed by atoms with Gasteiger partial charge in [-0.15, -0.1) is 0 Å². The van der Waals surface area contributed by atoms with Gasteiger partial charge in [0.05, 0.1) is 19.2 Å². The fourth-order valence-corrected chi connectivity index (χ4v) is 2.46. The highest BCUT2D eigenvalue weighted by Crippen LogP contribution is 2.41. The largest absolute Gasteiger partial charge is 0.494 e. The Morgan fingerprint density at radius 2 is 1.95 bits per heavy atom. The molecule has 0 atom stereocenters. The van der Waals surface area contributed by atoms with Crippen LogP contribution >= 0.6 is 11.6 Å². The number of nitrogens with one attached hydrogen (secondary N) is 1. The number of halogens is 1. The summed E-state index contributed by atoms with van der Waals surface area (Å²) in [5.41, 5.74) is 4.28. The average Bonchev–Trinajstić information content (AvgIpc) is 2.44. The topological polar surface area (TPSA) is 69.4 Å². The second-order valence-corrected chi connectivity index (χ2v) is 5.12. The molecule has 2 rings (SSSR count). The predicted octanol–water partition coefficient (Wildman–Crippen LogP) is 3.31. The molecule has 0 spiro atoms. The Bertz CT molecular complexity index is 644. The van der Waals surface area contributed by atoms with Gasteiger partial charge < -0.3 is 14.9 Å². The number of ether oxygens (including phenoxy) is 2. The maximum absolute atomic E-state index is 6.22. The summed E-state index contributed by atoms with van der Waals surface area (Å²) in [5.74, 6) is 7.60. The first-order valence-electron chi connectivity index (χ1n) is 6.25. The molecule has 0 bridgehead atoms. The minimum absolute atomic E-state index is 0.257. The van der Waals surface area contributed by atoms with E-state index in [1.54, 1.807) is 20.3 Å². The van der Waals surface area contributed by atoms with Gasteiger partial charge in [-0.05, 0) is 17.5 Å². The summed E-state index contributed by atoms with van der Waals surface area (Å²) in [6.07, 6.45) is 0. The second-order valence-electron chi connectivity index (χ2n) is 4.72. The Hall–Kier alpha value is -1.72. The number of hydrogen-bond acceptors (Lipinski definition) is 5. The summed E-state index contributed by atoms with van der Waals surface area (Å²) >= 11 is 6.22. The number of nitrogen functional groups attached to an aromatic ring is 1. The number of aromatic nitrogens is 1. The quantitative estimate of drug-likeness (QED) is 0.669. The van der Waals surface area contributed by atoms with E-state index >= 15 is 0 Å². The van der Waals surface area contributed by atoms with Gasteiger partial charge in [-0.1, -0.05) is 25.4 Å². The van der Waals surface area contributed by atoms with Crippen LogP contribution in [0.25, 0.3) is 10.9 Å². The van der Waals surface area contributed by atoms with Crippen LogP contribution in [-0.2, 0) is 0 Å². The van der Waals surface area contributed by atoms with Gasteiger partial charge in [-0.2, -0.15) is 0 Å². The number of hydrazine groups is 1. The van der Waals surface area contributed by atoms with Crippen LogP contribution in [0.1, 0.15) is 25.3 Å². The van der Waals surface area contributed by atoms with Crippen LogP contribution in [0.5, 0.6) is 11.5 Å². The van der Waals surface area contributed by atoms with Gasteiger partial charge in [0.2, 0.25) is 0 Å². The lowest BCUT2D eigenvalue weighted by Gasteiger charge is -2.16. The third-order valence-corrected chi connectivity index (χ3v) is 3.47. The highest BCUT2D eigenvalue weighted by molar-refractivity contribution is 6.33. The first kappa shape index (κ1) is 14.7. The first-order chi connectivity index (χ1) is 9.53. The average molecular weight is 296 g/mol. The summed E-state index contributed by atoms with van der Waals surface area (Å²) in [4.78, 5) is 4.54. The molecule has 0 aliphatic rings. The molecule has 1 aromatic heterocycles. The molecule has 0 aliphatic heterocycles. The number of rotatable bonds is 4. The third kappa shape index (κ3) is 2.34. The molecule has 0 unspecified atom stereocenters. The van der Waals surface area contributed by atoms with E-state index in [4.69, 9.17) is 26.9 Å². The van der Waals surface area contributed by atoms with E-state index in [-0.39, 0.29) is 5.92 Å². The summed E-state index contributed by atoms with van der Waals surface area (Å²) in [5, 5.41) is 1.29. The van der Waals surface area contributed by atoms with Gasteiger partial charge in [0.25, 0.3) is 0 Å². The van der Waals surface area contributed by atoms with Crippen LogP contribution in [0, 0.1) is 0 Å². The maximum Gasteiger partial charge on any atom is 0.147 e. The monoisotopic (exact) mass is 295 g/mol. The molecule has 1 aromatic carbocycles. The molecule has 0 aliphatic carbocycles. The van der Waals surface area contributed by atoms with Gasteiger partial charge in [-0.25, -0.2) is 10.8 Å². The molecule has 5 nitrogen and oxygen atoms in total. The molecule has 20 heavy (non-hydrogen) atoms. The molecular weight excluding hydrogens is 278 g/mol. The minimum atomic E-state index is 0.257. The third-order valence-electron chi connectivity index (χ3n) is 3.19. The van der Waals surface area contributed by atoms with Crippen molar-refractivity contribution < 1.29 is 9.47 Å². The van der Waals surface area contributed by atoms with Crippen molar-refractivity contribution in [2.75, 3.05) is 19.6 Å². The molecule has 108 valence electrons. The molecular formula is C14H18ClN3O2. The van der Waals surface area contributed by atoms with E-state index in [1.165, 1.54) is 0 Å². The number of methoxy groups -OCH3 is 2. The smallest absolute Gasteiger partial charge is 0.147 e. The van der Waals surface area contributed by atoms with Gasteiger partial charge in [-0.3, -0.25) is 0 Å². The first-order valence-corrected chi connectivity index (χ1v) is 6.63. The predicted molar refractivity (Wildman–Crippen MR) is 81.8 cm³/mol. The zero-order valence-corrected chi connectivity index (χ0v) is 12.7. The molecule has 6 heteroatoms. The lowest BCUT2D eigenvalue weighted by atomic mass is 10.0. The Labute approximate surface area is 123 Å². The van der Waals surface area contributed by atoms with Crippen molar-refractivity contribution in [3.8, 4) is 11.5 Å². The van der Waals surface area contributed by atoms with Crippen molar-refractivity contribution in [2.24, 2.45) is 5.84 Å². The lowest BCUT2D eigenvalue weighted by molar-refractivity contribution is 0.410. The van der Waals surface area contributed by atoms with Gasteiger partial charge in [0.15, 0.2) is 0 Å². The number of nitrogens with two attached hydrogens (primary N) is 1. The summed E-state index contributed by atoms with van der Waals surface area (Å²) < 4.78 is 10.7. The van der Waals surface area contributed by atoms with Crippen LogP contribution in [0.2, 0.25) is 5.02 Å². The number of hydrogen-bond donors (Lipinski definition) is 2. The number of benzene rings is 1. The molecule has 0 saturated heterocycles. The van der Waals surface area contributed by atoms with Gasteiger partial charge in [0.1, 0.15) is 22.8 Å². The van der Waals surface area contributed by atoms with Crippen molar-refractivity contribution in [1.29, 1.82) is 0 Å². The number of anilines is 1. The van der Waals surface area contributed by atoms with E-state index in [2.05, 4.69) is 24.3 Å². The highest BCUT2D eigenvalue weighted by Gasteiger charge is 2.18. The summed E-state index contributed by atoms with van der Waals surface area (Å²) in [7, 11) is 3.16. The van der Waals surface area contributed by atoms with Crippen molar-refractivity contribution in [1.82, 2.24) is 4.98 Å². The Balaban J connectivity index is 2.89. The van der Waals surface area contributed by atoms with E-state index in [1.807, 2.05) is 6.07 Å². The van der Waals surface area contributed by atoms with E-state index in [0.717, 1.165) is 10.9 Å². The Kier molecular flexibility index (Phi) is 4.20. The molecule has 0 amide bonds. The van der Waals surface area contributed by atoms with Crippen molar-refractivity contribution in [3.63, 3.8) is 0 Å². The van der Waals surface area contributed by atoms with Crippen LogP contribution in [0.15, 0.2) is 12.1 Å². The highest BCUT2D eigenvalue weighted by atomic mass is 35.5. The SMILES string of the molecule is COc1c(Cl)cc(OC)c2nc(NN)c(C(C)C)cc12. The van der Waals surface area contributed by atoms with E-state index < -0.39 is 0 Å². The van der Waals surface area contributed by atoms with Gasteiger partial charge in [0, 0.05) is 11.5 Å². The molecule has 1 heterocycles. The Morgan fingerprint density at radius 1 is 1.25 bits per heavy atom. The lowest BCUT2D eigenvalue weighted by Crippen LogP contribution is -2.12. The maximum atomic E-state index is 6.22. The number of nitrogens with zero attached hydrogens (tertiary/aromatic N) is 1. The van der Waals surface area contributed by atoms with Crippen LogP contribution in [0.4, 0.5) is 5.82 Å². The zero-order valence-electron chi connectivity index (χ0n) is 12.0. The Morgan fingerprint density at radius 3 is 2.45 bits per heavy atom. The number of pyridine rings is 1. The van der Waals surface area contributed by atoms with Crippen molar-refractivity contribution in [3.05, 3.63) is 22.7 Å². The molecule has 0 saturated carbocycles. The van der Waals surface area contributed by atoms with Gasteiger partial charge >= 0.3 is 0 Å². The fourth-order valence-electron chi connectivity index (χ4n) is 2.19. The van der Waals surface area contributed by atoms with Crippen LogP contribution in [-0.4, -0.2) is 19.2 Å². The number of fused-ring (bicyclic) bond motifs is 1. The molecule has 0 fully saturated rings. The van der Waals surface area contributed by atoms with E-state index in [9.17, 15) is 0 Å². The van der Waals surface area contributed by atoms with Crippen LogP contribution in [0.3, 0.4) is 0 Å². The normalized spacial score (nSPS) is 10.9. The second kappa shape index (κ2) is 5.73. The summed E-state index contributed by atoms with van der Waals surface area (Å²) in [6, 6.07) is 3.67. The van der Waals surface area contributed by atoms with Crippen LogP contribution < -0.4 is 20.7 Å². The molecule has 3 N–H and O–H groups in total. The van der Waals surface area contributed by atoms with Crippen molar-refractivity contribution in [2.45, 2.75) is 19.8 Å². The van der Waals surface area contributed by atoms with E-state index in [0.29, 0.717) is 27.9 Å². The zero-order chi connectivity index (χ0) is 14.9. The molecule has 2 aromatic rings. The standard InChI is InChI=1S/C14H18ClN3O2/c1-7(2)8-5-9-12(17-14(8)18-16)11(19-3)6-10(15)13(9)20-4/h5-7H,16H2,1-4H3,(H,17,18). The van der Waals surface area contributed by atoms with Crippen molar-refractivity contribution >= 4 is 28.3 Å².